The zero-order valence-corrected chi connectivity index (χ0v) is 18.3. The first-order chi connectivity index (χ1) is 15.7. The number of ether oxygens (including phenoxy) is 1. The van der Waals surface area contributed by atoms with Crippen molar-refractivity contribution in [2.75, 3.05) is 18.1 Å². The summed E-state index contributed by atoms with van der Waals surface area (Å²) in [5, 5.41) is 0. The smallest absolute Gasteiger partial charge is 0.227 e. The van der Waals surface area contributed by atoms with Crippen LogP contribution in [-0.2, 0) is 11.3 Å². The maximum Gasteiger partial charge on any atom is 0.227 e. The van der Waals surface area contributed by atoms with Crippen molar-refractivity contribution in [1.82, 2.24) is 9.55 Å². The van der Waals surface area contributed by atoms with Crippen molar-refractivity contribution in [2.24, 2.45) is 0 Å². The first-order valence-corrected chi connectivity index (χ1v) is 11.2. The summed E-state index contributed by atoms with van der Waals surface area (Å²) in [7, 11) is 0. The number of carbonyl (C=O) groups is 1. The first-order valence-electron chi connectivity index (χ1n) is 11.2. The van der Waals surface area contributed by atoms with Gasteiger partial charge in [0.25, 0.3) is 0 Å². The number of fused-ring (bicyclic) bond motifs is 1. The van der Waals surface area contributed by atoms with Crippen LogP contribution in [0.25, 0.3) is 11.0 Å². The van der Waals surface area contributed by atoms with E-state index >= 15 is 0 Å². The summed E-state index contributed by atoms with van der Waals surface area (Å²) >= 11 is 0. The number of rotatable bonds is 7. The highest BCUT2D eigenvalue weighted by Crippen LogP contribution is 2.33. The molecule has 0 spiro atoms. The van der Waals surface area contributed by atoms with E-state index in [2.05, 4.69) is 29.7 Å². The van der Waals surface area contributed by atoms with Crippen LogP contribution in [0.4, 0.5) is 5.69 Å². The molecule has 3 aromatic carbocycles. The predicted molar refractivity (Wildman–Crippen MR) is 127 cm³/mol. The van der Waals surface area contributed by atoms with Gasteiger partial charge in [-0.2, -0.15) is 0 Å². The second-order valence-corrected chi connectivity index (χ2v) is 8.37. The van der Waals surface area contributed by atoms with E-state index in [1.165, 1.54) is 5.56 Å². The van der Waals surface area contributed by atoms with E-state index in [9.17, 15) is 4.79 Å². The molecule has 32 heavy (non-hydrogen) atoms. The fourth-order valence-corrected chi connectivity index (χ4v) is 4.42. The molecule has 2 heterocycles. The molecule has 5 nitrogen and oxygen atoms in total. The Hall–Kier alpha value is -3.60. The second-order valence-electron chi connectivity index (χ2n) is 8.37. The van der Waals surface area contributed by atoms with Gasteiger partial charge >= 0.3 is 0 Å². The van der Waals surface area contributed by atoms with E-state index < -0.39 is 0 Å². The minimum absolute atomic E-state index is 0.0752. The summed E-state index contributed by atoms with van der Waals surface area (Å²) in [6.07, 6.45) is 1.35. The largest absolute Gasteiger partial charge is 0.494 e. The highest BCUT2D eigenvalue weighted by atomic mass is 16.5. The fraction of sp³-hybridized carbons (Fsp3) is 0.259. The van der Waals surface area contributed by atoms with Crippen molar-refractivity contribution in [3.05, 3.63) is 90.3 Å². The van der Waals surface area contributed by atoms with Gasteiger partial charge in [0, 0.05) is 31.1 Å². The molecular formula is C27H27N3O2. The zero-order valence-electron chi connectivity index (χ0n) is 18.3. The zero-order chi connectivity index (χ0) is 21.9. The molecule has 0 aliphatic carbocycles. The van der Waals surface area contributed by atoms with Gasteiger partial charge in [0.1, 0.15) is 11.6 Å². The number of anilines is 1. The number of aryl methyl sites for hydroxylation is 2. The molecule has 1 saturated heterocycles. The lowest BCUT2D eigenvalue weighted by Crippen LogP contribution is -2.24. The summed E-state index contributed by atoms with van der Waals surface area (Å²) in [5.74, 6) is 2.11. The Morgan fingerprint density at radius 2 is 1.72 bits per heavy atom. The number of imidazole rings is 1. The lowest BCUT2D eigenvalue weighted by atomic mass is 10.1. The van der Waals surface area contributed by atoms with Crippen LogP contribution >= 0.6 is 0 Å². The Morgan fingerprint density at radius 1 is 0.969 bits per heavy atom. The van der Waals surface area contributed by atoms with Gasteiger partial charge in [-0.3, -0.25) is 4.79 Å². The van der Waals surface area contributed by atoms with Crippen molar-refractivity contribution in [3.8, 4) is 5.75 Å². The molecule has 0 radical (unpaired) electrons. The summed E-state index contributed by atoms with van der Waals surface area (Å²) in [5.41, 5.74) is 4.25. The lowest BCUT2D eigenvalue weighted by Gasteiger charge is -2.18. The van der Waals surface area contributed by atoms with E-state index in [0.29, 0.717) is 19.6 Å². The van der Waals surface area contributed by atoms with Crippen LogP contribution in [0.3, 0.4) is 0 Å². The van der Waals surface area contributed by atoms with Crippen LogP contribution in [0.5, 0.6) is 5.75 Å². The van der Waals surface area contributed by atoms with E-state index in [1.807, 2.05) is 65.6 Å². The number of para-hydroxylation sites is 3. The average Bonchev–Trinajstić information content (AvgIpc) is 3.38. The summed E-state index contributed by atoms with van der Waals surface area (Å²) < 4.78 is 8.17. The molecule has 0 saturated carbocycles. The van der Waals surface area contributed by atoms with Gasteiger partial charge in [0.15, 0.2) is 0 Å². The quantitative estimate of drug-likeness (QED) is 0.376. The van der Waals surface area contributed by atoms with Gasteiger partial charge in [-0.15, -0.1) is 0 Å². The van der Waals surface area contributed by atoms with Crippen LogP contribution in [0, 0.1) is 6.92 Å². The topological polar surface area (TPSA) is 47.4 Å². The third kappa shape index (κ3) is 4.11. The normalized spacial score (nSPS) is 16.1. The minimum Gasteiger partial charge on any atom is -0.494 e. The molecule has 162 valence electrons. The highest BCUT2D eigenvalue weighted by Gasteiger charge is 2.34. The Morgan fingerprint density at radius 3 is 2.53 bits per heavy atom. The number of carbonyl (C=O) groups excluding carboxylic acids is 1. The Kier molecular flexibility index (Phi) is 5.63. The Bertz CT molecular complexity index is 1210. The molecule has 1 atom stereocenters. The second kappa shape index (κ2) is 8.87. The van der Waals surface area contributed by atoms with Gasteiger partial charge < -0.3 is 14.2 Å². The molecule has 1 aliphatic heterocycles. The van der Waals surface area contributed by atoms with Crippen LogP contribution in [0.2, 0.25) is 0 Å². The van der Waals surface area contributed by atoms with Crippen molar-refractivity contribution in [1.29, 1.82) is 0 Å². The van der Waals surface area contributed by atoms with Crippen LogP contribution < -0.4 is 9.64 Å². The molecule has 1 aromatic heterocycles. The molecule has 5 heteroatoms. The molecule has 1 amide bonds. The van der Waals surface area contributed by atoms with Gasteiger partial charge in [0.2, 0.25) is 5.91 Å². The summed E-state index contributed by atoms with van der Waals surface area (Å²) in [4.78, 5) is 19.7. The lowest BCUT2D eigenvalue weighted by molar-refractivity contribution is -0.117. The van der Waals surface area contributed by atoms with Crippen molar-refractivity contribution in [3.63, 3.8) is 0 Å². The molecule has 1 aliphatic rings. The van der Waals surface area contributed by atoms with Crippen LogP contribution in [-0.4, -0.2) is 28.6 Å². The summed E-state index contributed by atoms with van der Waals surface area (Å²) in [6.45, 7) is 4.15. The SMILES string of the molecule is Cc1ccc(N2C[C@H](c3nc4ccccc4n3CCCOc3ccccc3)CC2=O)cc1. The van der Waals surface area contributed by atoms with Gasteiger partial charge in [-0.25, -0.2) is 4.98 Å². The molecule has 1 fully saturated rings. The maximum absolute atomic E-state index is 12.9. The van der Waals surface area contributed by atoms with Crippen molar-refractivity contribution < 1.29 is 9.53 Å². The van der Waals surface area contributed by atoms with E-state index in [0.717, 1.165) is 41.3 Å². The van der Waals surface area contributed by atoms with Crippen LogP contribution in [0.15, 0.2) is 78.9 Å². The Labute approximate surface area is 188 Å². The Balaban J connectivity index is 1.35. The average molecular weight is 426 g/mol. The molecule has 0 unspecified atom stereocenters. The van der Waals surface area contributed by atoms with Gasteiger partial charge in [-0.1, -0.05) is 48.0 Å². The molecule has 0 N–H and O–H groups in total. The van der Waals surface area contributed by atoms with Crippen molar-refractivity contribution >= 4 is 22.6 Å². The number of aromatic nitrogens is 2. The number of amides is 1. The fourth-order valence-electron chi connectivity index (χ4n) is 4.42. The molecule has 0 bridgehead atoms. The number of hydrogen-bond donors (Lipinski definition) is 0. The molecular weight excluding hydrogens is 398 g/mol. The van der Waals surface area contributed by atoms with Crippen molar-refractivity contribution in [2.45, 2.75) is 32.2 Å². The first kappa shape index (κ1) is 20.3. The highest BCUT2D eigenvalue weighted by molar-refractivity contribution is 5.96. The molecule has 4 aromatic rings. The van der Waals surface area contributed by atoms with Gasteiger partial charge in [-0.05, 0) is 49.7 Å². The minimum atomic E-state index is 0.0752. The van der Waals surface area contributed by atoms with E-state index in [4.69, 9.17) is 9.72 Å². The predicted octanol–water partition coefficient (Wildman–Crippen LogP) is 5.33. The third-order valence-corrected chi connectivity index (χ3v) is 6.06. The van der Waals surface area contributed by atoms with Gasteiger partial charge in [0.05, 0.1) is 17.6 Å². The summed E-state index contributed by atoms with van der Waals surface area (Å²) in [6, 6.07) is 26.3. The molecule has 5 rings (SSSR count). The van der Waals surface area contributed by atoms with E-state index in [-0.39, 0.29) is 11.8 Å². The maximum atomic E-state index is 12.9. The number of hydrogen-bond acceptors (Lipinski definition) is 3. The monoisotopic (exact) mass is 425 g/mol. The number of benzene rings is 3. The third-order valence-electron chi connectivity index (χ3n) is 6.06. The number of nitrogens with zero attached hydrogens (tertiary/aromatic N) is 3. The standard InChI is InChI=1S/C27H27N3O2/c1-20-12-14-22(15-13-20)30-19-21(18-26(30)31)27-28-24-10-5-6-11-25(24)29(27)16-7-17-32-23-8-3-2-4-9-23/h2-6,8-15,21H,7,16-19H2,1H3/t21-/m1/s1. The van der Waals surface area contributed by atoms with Crippen LogP contribution in [0.1, 0.15) is 30.1 Å². The van der Waals surface area contributed by atoms with E-state index in [1.54, 1.807) is 0 Å².